The van der Waals surface area contributed by atoms with E-state index in [2.05, 4.69) is 39.1 Å². The highest BCUT2D eigenvalue weighted by molar-refractivity contribution is 6.00. The second-order valence-corrected chi connectivity index (χ2v) is 8.33. The van der Waals surface area contributed by atoms with Crippen LogP contribution in [0.15, 0.2) is 85.3 Å². The molecule has 0 spiro atoms. The van der Waals surface area contributed by atoms with Crippen molar-refractivity contribution in [2.45, 2.75) is 32.2 Å². The monoisotopic (exact) mass is 437 g/mol. The largest absolute Gasteiger partial charge is 0.491 e. The molecular formula is C28H27N3O2. The molecule has 1 heterocycles. The molecular weight excluding hydrogens is 410 g/mol. The fourth-order valence-corrected chi connectivity index (χ4v) is 4.38. The van der Waals surface area contributed by atoms with Crippen molar-refractivity contribution < 1.29 is 9.53 Å². The van der Waals surface area contributed by atoms with Gasteiger partial charge in [0.1, 0.15) is 5.75 Å². The van der Waals surface area contributed by atoms with Gasteiger partial charge in [0.15, 0.2) is 5.78 Å². The molecule has 166 valence electrons. The number of fused-ring (bicyclic) bond motifs is 1. The van der Waals surface area contributed by atoms with Gasteiger partial charge in [-0.1, -0.05) is 48.5 Å². The Morgan fingerprint density at radius 2 is 1.73 bits per heavy atom. The molecule has 1 N–H and O–H groups in total. The number of nitrogens with zero attached hydrogens (tertiary/aromatic N) is 2. The van der Waals surface area contributed by atoms with E-state index in [9.17, 15) is 4.79 Å². The van der Waals surface area contributed by atoms with Gasteiger partial charge in [0.25, 0.3) is 0 Å². The van der Waals surface area contributed by atoms with Crippen LogP contribution in [0.3, 0.4) is 0 Å². The van der Waals surface area contributed by atoms with Crippen molar-refractivity contribution in [3.8, 4) is 5.75 Å². The van der Waals surface area contributed by atoms with Gasteiger partial charge < -0.3 is 14.6 Å². The summed E-state index contributed by atoms with van der Waals surface area (Å²) < 4.78 is 8.43. The Hall–Kier alpha value is -3.86. The molecule has 5 rings (SSSR count). The molecule has 0 saturated heterocycles. The number of imidazole rings is 1. The van der Waals surface area contributed by atoms with Crippen molar-refractivity contribution in [3.63, 3.8) is 0 Å². The first-order chi connectivity index (χ1) is 16.3. The van der Waals surface area contributed by atoms with Gasteiger partial charge in [-0.3, -0.25) is 4.79 Å². The molecule has 4 aromatic rings. The molecule has 0 amide bonds. The summed E-state index contributed by atoms with van der Waals surface area (Å²) in [5, 5.41) is 3.51. The Bertz CT molecular complexity index is 1230. The van der Waals surface area contributed by atoms with Crippen molar-refractivity contribution in [1.82, 2.24) is 9.55 Å². The zero-order valence-electron chi connectivity index (χ0n) is 18.5. The van der Waals surface area contributed by atoms with Gasteiger partial charge >= 0.3 is 0 Å². The third kappa shape index (κ3) is 4.82. The number of ether oxygens (including phenoxy) is 1. The number of aromatic nitrogens is 2. The molecule has 0 unspecified atom stereocenters. The van der Waals surface area contributed by atoms with Crippen molar-refractivity contribution in [2.75, 3.05) is 11.9 Å². The molecule has 0 fully saturated rings. The number of benzene rings is 3. The first kappa shape index (κ1) is 21.0. The first-order valence-corrected chi connectivity index (χ1v) is 11.4. The highest BCUT2D eigenvalue weighted by Crippen LogP contribution is 2.37. The van der Waals surface area contributed by atoms with Crippen LogP contribution in [0, 0.1) is 0 Å². The Labute approximate surface area is 194 Å². The van der Waals surface area contributed by atoms with Gasteiger partial charge in [-0.2, -0.15) is 0 Å². The zero-order chi connectivity index (χ0) is 22.5. The third-order valence-corrected chi connectivity index (χ3v) is 6.06. The molecule has 5 heteroatoms. The van der Waals surface area contributed by atoms with Gasteiger partial charge in [0, 0.05) is 42.5 Å². The molecule has 0 atom stereocenters. The quantitative estimate of drug-likeness (QED) is 0.378. The summed E-state index contributed by atoms with van der Waals surface area (Å²) in [6.07, 6.45) is 6.88. The van der Waals surface area contributed by atoms with Gasteiger partial charge in [-0.15, -0.1) is 0 Å². The first-order valence-electron chi connectivity index (χ1n) is 11.4. The molecule has 1 aliphatic carbocycles. The van der Waals surface area contributed by atoms with E-state index in [0.29, 0.717) is 13.0 Å². The van der Waals surface area contributed by atoms with Crippen LogP contribution in [-0.4, -0.2) is 21.9 Å². The number of rotatable bonds is 8. The number of anilines is 2. The van der Waals surface area contributed by atoms with Crippen LogP contribution in [-0.2, 0) is 19.4 Å². The molecule has 1 aromatic heterocycles. The second kappa shape index (κ2) is 9.74. The lowest BCUT2D eigenvalue weighted by Gasteiger charge is -2.22. The molecule has 0 saturated carbocycles. The van der Waals surface area contributed by atoms with Crippen LogP contribution in [0.4, 0.5) is 11.4 Å². The minimum atomic E-state index is 0.212. The highest BCUT2D eigenvalue weighted by atomic mass is 16.5. The van der Waals surface area contributed by atoms with Crippen LogP contribution >= 0.6 is 0 Å². The number of carbonyl (C=O) groups is 1. The van der Waals surface area contributed by atoms with Crippen LogP contribution in [0.5, 0.6) is 5.75 Å². The van der Waals surface area contributed by atoms with E-state index >= 15 is 0 Å². The fraction of sp³-hybridized carbons (Fsp3) is 0.214. The highest BCUT2D eigenvalue weighted by Gasteiger charge is 2.23. The zero-order valence-corrected chi connectivity index (χ0v) is 18.5. The normalized spacial score (nSPS) is 12.9. The van der Waals surface area contributed by atoms with Crippen molar-refractivity contribution in [2.24, 2.45) is 0 Å². The SMILES string of the molecule is O=C1CCCc2c1ccc(OCCc1cncn1Cc1ccccc1)c2Nc1ccccc1. The van der Waals surface area contributed by atoms with Crippen molar-refractivity contribution in [3.05, 3.63) is 108 Å². The van der Waals surface area contributed by atoms with Gasteiger partial charge in [0.05, 0.1) is 18.6 Å². The summed E-state index contributed by atoms with van der Waals surface area (Å²) in [6, 6.07) is 24.3. The molecule has 5 nitrogen and oxygen atoms in total. The number of carbonyl (C=O) groups excluding carboxylic acids is 1. The number of hydrogen-bond acceptors (Lipinski definition) is 4. The van der Waals surface area contributed by atoms with E-state index in [4.69, 9.17) is 4.74 Å². The van der Waals surface area contributed by atoms with Crippen LogP contribution in [0.25, 0.3) is 0 Å². The van der Waals surface area contributed by atoms with Crippen molar-refractivity contribution in [1.29, 1.82) is 0 Å². The summed E-state index contributed by atoms with van der Waals surface area (Å²) >= 11 is 0. The van der Waals surface area contributed by atoms with E-state index in [1.54, 1.807) is 0 Å². The number of Topliss-reactive ketones (excluding diaryl/α,β-unsaturated/α-hetero) is 1. The average molecular weight is 438 g/mol. The minimum absolute atomic E-state index is 0.212. The van der Waals surface area contributed by atoms with E-state index < -0.39 is 0 Å². The lowest BCUT2D eigenvalue weighted by molar-refractivity contribution is 0.0972. The summed E-state index contributed by atoms with van der Waals surface area (Å²) in [6.45, 7) is 1.31. The molecule has 0 bridgehead atoms. The number of hydrogen-bond donors (Lipinski definition) is 1. The summed E-state index contributed by atoms with van der Waals surface area (Å²) in [5.74, 6) is 0.991. The maximum absolute atomic E-state index is 12.5. The lowest BCUT2D eigenvalue weighted by Crippen LogP contribution is -2.14. The maximum atomic E-state index is 12.5. The molecule has 3 aromatic carbocycles. The van der Waals surface area contributed by atoms with E-state index in [-0.39, 0.29) is 5.78 Å². The topological polar surface area (TPSA) is 56.1 Å². The molecule has 0 aliphatic heterocycles. The minimum Gasteiger partial charge on any atom is -0.491 e. The van der Waals surface area contributed by atoms with E-state index in [1.165, 1.54) is 5.56 Å². The van der Waals surface area contributed by atoms with Crippen molar-refractivity contribution >= 4 is 17.2 Å². The van der Waals surface area contributed by atoms with E-state index in [1.807, 2.05) is 61.1 Å². The Balaban J connectivity index is 1.34. The molecule has 33 heavy (non-hydrogen) atoms. The predicted octanol–water partition coefficient (Wildman–Crippen LogP) is 5.82. The Kier molecular flexibility index (Phi) is 6.20. The van der Waals surface area contributed by atoms with E-state index in [0.717, 1.165) is 59.8 Å². The Morgan fingerprint density at radius 1 is 0.939 bits per heavy atom. The fourth-order valence-electron chi connectivity index (χ4n) is 4.38. The van der Waals surface area contributed by atoms with Crippen LogP contribution in [0.1, 0.15) is 40.0 Å². The summed E-state index contributed by atoms with van der Waals surface area (Å²) in [5.41, 5.74) is 6.13. The maximum Gasteiger partial charge on any atom is 0.163 e. The molecule has 1 aliphatic rings. The van der Waals surface area contributed by atoms with Crippen LogP contribution < -0.4 is 10.1 Å². The predicted molar refractivity (Wildman–Crippen MR) is 130 cm³/mol. The molecule has 0 radical (unpaired) electrons. The van der Waals surface area contributed by atoms with Crippen LogP contribution in [0.2, 0.25) is 0 Å². The number of para-hydroxylation sites is 1. The smallest absolute Gasteiger partial charge is 0.163 e. The number of nitrogens with one attached hydrogen (secondary N) is 1. The standard InChI is InChI=1S/C28H27N3O2/c32-26-13-7-12-25-24(26)14-15-27(28(25)30-22-10-5-2-6-11-22)33-17-16-23-18-29-20-31(23)19-21-8-3-1-4-9-21/h1-6,8-11,14-15,18,20,30H,7,12-13,16-17,19H2. The summed E-state index contributed by atoms with van der Waals surface area (Å²) in [4.78, 5) is 16.8. The second-order valence-electron chi connectivity index (χ2n) is 8.33. The van der Waals surface area contributed by atoms with Gasteiger partial charge in [-0.25, -0.2) is 4.98 Å². The third-order valence-electron chi connectivity index (χ3n) is 6.06. The van der Waals surface area contributed by atoms with Gasteiger partial charge in [-0.05, 0) is 48.2 Å². The number of ketones is 1. The van der Waals surface area contributed by atoms with Gasteiger partial charge in [0.2, 0.25) is 0 Å². The Morgan fingerprint density at radius 3 is 2.55 bits per heavy atom. The average Bonchev–Trinajstić information content (AvgIpc) is 3.28. The lowest BCUT2D eigenvalue weighted by atomic mass is 9.89. The summed E-state index contributed by atoms with van der Waals surface area (Å²) in [7, 11) is 0.